The molecule has 1 heterocycles. The van der Waals surface area contributed by atoms with Gasteiger partial charge in [-0.1, -0.05) is 18.2 Å². The molecule has 0 unspecified atom stereocenters. The highest BCUT2D eigenvalue weighted by molar-refractivity contribution is 7.89. The molecule has 1 amide bonds. The van der Waals surface area contributed by atoms with Gasteiger partial charge in [-0.2, -0.15) is 0 Å². The van der Waals surface area contributed by atoms with Gasteiger partial charge in [0.2, 0.25) is 15.9 Å². The molecule has 0 atom stereocenters. The average Bonchev–Trinajstić information content (AvgIpc) is 2.66. The summed E-state index contributed by atoms with van der Waals surface area (Å²) in [6.07, 6.45) is 1.02. The van der Waals surface area contributed by atoms with Crippen LogP contribution in [0.1, 0.15) is 25.3 Å². The average molecular weight is 400 g/mol. The summed E-state index contributed by atoms with van der Waals surface area (Å²) in [7, 11) is 0.647. The quantitative estimate of drug-likeness (QED) is 0.669. The molecule has 0 spiro atoms. The zero-order valence-corrected chi connectivity index (χ0v) is 17.2. The van der Waals surface area contributed by atoms with Crippen molar-refractivity contribution in [1.82, 2.24) is 14.1 Å². The minimum Gasteiger partial charge on any atom is -0.337 e. The lowest BCUT2D eigenvalue weighted by Crippen LogP contribution is -2.45. The number of hydrogen-bond donors (Lipinski definition) is 0. The van der Waals surface area contributed by atoms with Gasteiger partial charge in [-0.05, 0) is 39.9 Å². The zero-order chi connectivity index (χ0) is 20.0. The molecule has 0 saturated carbocycles. The number of halogens is 1. The lowest BCUT2D eigenvalue weighted by atomic mass is 9.96. The number of nitrogens with zero attached hydrogens (tertiary/aromatic N) is 3. The largest absolute Gasteiger partial charge is 0.337 e. The summed E-state index contributed by atoms with van der Waals surface area (Å²) >= 11 is 0. The molecular weight excluding hydrogens is 369 g/mol. The summed E-state index contributed by atoms with van der Waals surface area (Å²) in [5, 5.41) is 0. The van der Waals surface area contributed by atoms with E-state index in [2.05, 4.69) is 0 Å². The first-order valence-corrected chi connectivity index (χ1v) is 11.0. The third kappa shape index (κ3) is 5.99. The van der Waals surface area contributed by atoms with Crippen LogP contribution in [0.4, 0.5) is 4.39 Å². The number of benzene rings is 1. The second-order valence-electron chi connectivity index (χ2n) is 7.23. The Morgan fingerprint density at radius 2 is 1.81 bits per heavy atom. The van der Waals surface area contributed by atoms with Crippen molar-refractivity contribution in [1.29, 1.82) is 0 Å². The zero-order valence-electron chi connectivity index (χ0n) is 16.4. The normalized spacial score (nSPS) is 16.6. The molecule has 6 nitrogen and oxygen atoms in total. The van der Waals surface area contributed by atoms with Crippen molar-refractivity contribution >= 4 is 15.9 Å². The predicted molar refractivity (Wildman–Crippen MR) is 104 cm³/mol. The maximum Gasteiger partial charge on any atom is 0.226 e. The maximum absolute atomic E-state index is 14.1. The molecule has 0 radical (unpaired) electrons. The van der Waals surface area contributed by atoms with Crippen molar-refractivity contribution < 1.29 is 17.6 Å². The summed E-state index contributed by atoms with van der Waals surface area (Å²) < 4.78 is 39.5. The SMILES string of the molecule is CCS(=O)(=O)N1CCC(C(=O)N(CCN(C)C)Cc2ccccc2F)CC1. The summed E-state index contributed by atoms with van der Waals surface area (Å²) in [5.74, 6) is -0.478. The number of sulfonamides is 1. The molecule has 0 aliphatic carbocycles. The van der Waals surface area contributed by atoms with E-state index in [-0.39, 0.29) is 29.9 Å². The van der Waals surface area contributed by atoms with Crippen LogP contribution in [-0.2, 0) is 21.4 Å². The molecule has 1 aromatic rings. The minimum absolute atomic E-state index is 0.0198. The topological polar surface area (TPSA) is 60.9 Å². The molecule has 0 N–H and O–H groups in total. The maximum atomic E-state index is 14.1. The number of likely N-dealkylation sites (N-methyl/N-ethyl adjacent to an activating group) is 1. The highest BCUT2D eigenvalue weighted by Gasteiger charge is 2.32. The standard InChI is InChI=1S/C19H30FN3O3S/c1-4-27(25,26)23-11-9-16(10-12-23)19(24)22(14-13-21(2)3)15-17-7-5-6-8-18(17)20/h5-8,16H,4,9-15H2,1-3H3. The Morgan fingerprint density at radius 3 is 2.37 bits per heavy atom. The van der Waals surface area contributed by atoms with E-state index in [0.29, 0.717) is 44.6 Å². The van der Waals surface area contributed by atoms with Crippen LogP contribution < -0.4 is 0 Å². The van der Waals surface area contributed by atoms with Crippen molar-refractivity contribution in [2.24, 2.45) is 5.92 Å². The fraction of sp³-hybridized carbons (Fsp3) is 0.632. The number of piperidine rings is 1. The van der Waals surface area contributed by atoms with E-state index in [1.807, 2.05) is 19.0 Å². The summed E-state index contributed by atoms with van der Waals surface area (Å²) in [6.45, 7) is 3.79. The third-order valence-electron chi connectivity index (χ3n) is 5.01. The van der Waals surface area contributed by atoms with E-state index in [1.54, 1.807) is 30.0 Å². The number of rotatable bonds is 8. The Bertz CT molecular complexity index is 731. The van der Waals surface area contributed by atoms with Crippen molar-refractivity contribution in [3.05, 3.63) is 35.6 Å². The van der Waals surface area contributed by atoms with Gasteiger partial charge in [0.15, 0.2) is 0 Å². The van der Waals surface area contributed by atoms with Crippen LogP contribution >= 0.6 is 0 Å². The van der Waals surface area contributed by atoms with Crippen LogP contribution in [0.3, 0.4) is 0 Å². The van der Waals surface area contributed by atoms with Crippen molar-refractivity contribution in [3.63, 3.8) is 0 Å². The molecule has 1 saturated heterocycles. The van der Waals surface area contributed by atoms with E-state index in [1.165, 1.54) is 10.4 Å². The van der Waals surface area contributed by atoms with Gasteiger partial charge in [-0.3, -0.25) is 4.79 Å². The lowest BCUT2D eigenvalue weighted by Gasteiger charge is -2.34. The molecule has 0 bridgehead atoms. The van der Waals surface area contributed by atoms with Crippen LogP contribution in [-0.4, -0.2) is 74.5 Å². The van der Waals surface area contributed by atoms with Crippen molar-refractivity contribution in [3.8, 4) is 0 Å². The highest BCUT2D eigenvalue weighted by Crippen LogP contribution is 2.23. The van der Waals surface area contributed by atoms with Gasteiger partial charge in [0.05, 0.1) is 5.75 Å². The monoisotopic (exact) mass is 399 g/mol. The first-order chi connectivity index (χ1) is 12.7. The molecule has 2 rings (SSSR count). The molecular formula is C19H30FN3O3S. The molecule has 27 heavy (non-hydrogen) atoms. The van der Waals surface area contributed by atoms with Crippen LogP contribution in [0.15, 0.2) is 24.3 Å². The van der Waals surface area contributed by atoms with Crippen molar-refractivity contribution in [2.75, 3.05) is 46.0 Å². The Hall–Kier alpha value is -1.51. The molecule has 1 aliphatic rings. The van der Waals surface area contributed by atoms with Gasteiger partial charge in [0.1, 0.15) is 5.82 Å². The number of carbonyl (C=O) groups excluding carboxylic acids is 1. The number of amides is 1. The van der Waals surface area contributed by atoms with Gasteiger partial charge in [0, 0.05) is 44.2 Å². The molecule has 8 heteroatoms. The van der Waals surface area contributed by atoms with Crippen LogP contribution in [0.2, 0.25) is 0 Å². The minimum atomic E-state index is -3.21. The van der Waals surface area contributed by atoms with Crippen molar-refractivity contribution in [2.45, 2.75) is 26.3 Å². The second-order valence-corrected chi connectivity index (χ2v) is 9.49. The Morgan fingerprint density at radius 1 is 1.19 bits per heavy atom. The fourth-order valence-corrected chi connectivity index (χ4v) is 4.37. The Kier molecular flexibility index (Phi) is 7.76. The Labute approximate surface area is 162 Å². The predicted octanol–water partition coefficient (Wildman–Crippen LogP) is 1.78. The van der Waals surface area contributed by atoms with E-state index < -0.39 is 10.0 Å². The van der Waals surface area contributed by atoms with Gasteiger partial charge in [0.25, 0.3) is 0 Å². The van der Waals surface area contributed by atoms with Gasteiger partial charge < -0.3 is 9.80 Å². The number of carbonyl (C=O) groups is 1. The molecule has 1 aliphatic heterocycles. The second kappa shape index (κ2) is 9.61. The smallest absolute Gasteiger partial charge is 0.226 e. The molecule has 1 fully saturated rings. The third-order valence-corrected chi connectivity index (χ3v) is 6.89. The molecule has 0 aromatic heterocycles. The van der Waals surface area contributed by atoms with Gasteiger partial charge in [-0.25, -0.2) is 17.1 Å². The summed E-state index contributed by atoms with van der Waals surface area (Å²) in [4.78, 5) is 16.8. The van der Waals surface area contributed by atoms with E-state index in [0.717, 1.165) is 0 Å². The summed E-state index contributed by atoms with van der Waals surface area (Å²) in [5.41, 5.74) is 0.496. The van der Waals surface area contributed by atoms with Gasteiger partial charge >= 0.3 is 0 Å². The van der Waals surface area contributed by atoms with Crippen LogP contribution in [0, 0.1) is 11.7 Å². The van der Waals surface area contributed by atoms with E-state index in [4.69, 9.17) is 0 Å². The fourth-order valence-electron chi connectivity index (χ4n) is 3.24. The first kappa shape index (κ1) is 21.8. The summed E-state index contributed by atoms with van der Waals surface area (Å²) in [6, 6.07) is 6.50. The van der Waals surface area contributed by atoms with E-state index in [9.17, 15) is 17.6 Å². The van der Waals surface area contributed by atoms with Crippen LogP contribution in [0.25, 0.3) is 0 Å². The lowest BCUT2D eigenvalue weighted by molar-refractivity contribution is -0.137. The van der Waals surface area contributed by atoms with Crippen LogP contribution in [0.5, 0.6) is 0 Å². The first-order valence-electron chi connectivity index (χ1n) is 9.39. The number of hydrogen-bond acceptors (Lipinski definition) is 4. The highest BCUT2D eigenvalue weighted by atomic mass is 32.2. The van der Waals surface area contributed by atoms with Gasteiger partial charge in [-0.15, -0.1) is 0 Å². The molecule has 1 aromatic carbocycles. The molecule has 152 valence electrons. The van der Waals surface area contributed by atoms with E-state index >= 15 is 0 Å². The Balaban J connectivity index is 2.06.